The van der Waals surface area contributed by atoms with E-state index in [1.165, 1.54) is 46.8 Å². The van der Waals surface area contributed by atoms with Crippen LogP contribution in [0.2, 0.25) is 0 Å². The second-order valence-electron chi connectivity index (χ2n) is 16.1. The molecule has 20 heteroatoms. The molecule has 0 atom stereocenters. The summed E-state index contributed by atoms with van der Waals surface area (Å²) in [6.45, 7) is 4.83. The summed E-state index contributed by atoms with van der Waals surface area (Å²) < 4.78 is 85.1. The van der Waals surface area contributed by atoms with E-state index < -0.39 is 47.1 Å². The van der Waals surface area contributed by atoms with Gasteiger partial charge in [0.05, 0.1) is 54.3 Å². The summed E-state index contributed by atoms with van der Waals surface area (Å²) in [4.78, 5) is 17.3. The fourth-order valence-corrected chi connectivity index (χ4v) is 11.6. The molecule has 0 aliphatic carbocycles. The van der Waals surface area contributed by atoms with Crippen LogP contribution in [-0.2, 0) is 44.2 Å². The van der Waals surface area contributed by atoms with Gasteiger partial charge in [0, 0.05) is 25.2 Å². The molecule has 66 heavy (non-hydrogen) atoms. The zero-order valence-corrected chi connectivity index (χ0v) is 39.7. The van der Waals surface area contributed by atoms with Crippen molar-refractivity contribution < 1.29 is 40.6 Å². The second kappa shape index (κ2) is 19.9. The molecule has 7 aromatic rings. The van der Waals surface area contributed by atoms with Crippen LogP contribution in [0.1, 0.15) is 43.9 Å². The maximum Gasteiger partial charge on any atom is 0.407 e. The Morgan fingerprint density at radius 2 is 1.35 bits per heavy atom. The van der Waals surface area contributed by atoms with E-state index in [4.69, 9.17) is 29.8 Å². The number of nitrogens with one attached hydrogen (secondary N) is 1. The largest absolute Gasteiger partial charge is 0.497 e. The number of hydrogen-bond acceptors (Lipinski definition) is 15. The number of nitrogens with two attached hydrogens (primary N) is 1. The zero-order valence-electron chi connectivity index (χ0n) is 37.2. The number of ether oxygens (including phenoxy) is 4. The van der Waals surface area contributed by atoms with Crippen LogP contribution < -0.4 is 25.3 Å². The van der Waals surface area contributed by atoms with Gasteiger partial charge in [-0.2, -0.15) is 9.10 Å². The molecule has 7 rings (SSSR count). The molecule has 346 valence electrons. The predicted octanol–water partition coefficient (Wildman–Crippen LogP) is 7.35. The summed E-state index contributed by atoms with van der Waals surface area (Å²) >= 11 is 1.25. The molecular formula is C46H50N8O9S3. The van der Waals surface area contributed by atoms with Gasteiger partial charge in [-0.3, -0.25) is 0 Å². The molecule has 0 radical (unpaired) electrons. The van der Waals surface area contributed by atoms with Crippen molar-refractivity contribution >= 4 is 52.6 Å². The Morgan fingerprint density at radius 3 is 1.91 bits per heavy atom. The fourth-order valence-electron chi connectivity index (χ4n) is 7.10. The number of nitrogen functional groups attached to an aromatic ring is 1. The third-order valence-electron chi connectivity index (χ3n) is 10.2. The lowest BCUT2D eigenvalue weighted by Crippen LogP contribution is -2.34. The monoisotopic (exact) mass is 954 g/mol. The summed E-state index contributed by atoms with van der Waals surface area (Å²) in [5.41, 5.74) is 8.50. The van der Waals surface area contributed by atoms with Crippen LogP contribution in [-0.4, -0.2) is 91.7 Å². The van der Waals surface area contributed by atoms with Crippen molar-refractivity contribution in [3.05, 3.63) is 120 Å². The number of sulfone groups is 1. The van der Waals surface area contributed by atoms with E-state index in [-0.39, 0.29) is 54.7 Å². The van der Waals surface area contributed by atoms with E-state index >= 15 is 8.42 Å². The molecule has 0 aliphatic rings. The van der Waals surface area contributed by atoms with Gasteiger partial charge in [-0.05, 0) is 103 Å². The van der Waals surface area contributed by atoms with Crippen molar-refractivity contribution in [1.82, 2.24) is 34.8 Å². The minimum absolute atomic E-state index is 0.0727. The van der Waals surface area contributed by atoms with E-state index in [1.807, 2.05) is 18.2 Å². The number of alkyl carbamates (subject to hydrolysis) is 1. The first kappa shape index (κ1) is 47.4. The molecule has 0 saturated carbocycles. The van der Waals surface area contributed by atoms with Crippen molar-refractivity contribution in [2.45, 2.75) is 62.2 Å². The normalized spacial score (nSPS) is 12.0. The quantitative estimate of drug-likeness (QED) is 0.0804. The van der Waals surface area contributed by atoms with Crippen LogP contribution in [0.4, 0.5) is 9.93 Å². The highest BCUT2D eigenvalue weighted by atomic mass is 32.2. The Bertz CT molecular complexity index is 2990. The number of sulfonamides is 1. The van der Waals surface area contributed by atoms with Crippen LogP contribution in [0, 0.1) is 0 Å². The molecule has 2 heterocycles. The van der Waals surface area contributed by atoms with Gasteiger partial charge >= 0.3 is 6.09 Å². The van der Waals surface area contributed by atoms with E-state index in [1.54, 1.807) is 101 Å². The maximum absolute atomic E-state index is 16.0. The lowest BCUT2D eigenvalue weighted by molar-refractivity contribution is 0.0528. The maximum atomic E-state index is 16.0. The number of aromatic nitrogens is 5. The number of hydrogen-bond donors (Lipinski definition) is 2. The van der Waals surface area contributed by atoms with E-state index in [0.29, 0.717) is 44.2 Å². The Kier molecular flexibility index (Phi) is 14.3. The Morgan fingerprint density at radius 1 is 0.773 bits per heavy atom. The molecule has 3 N–H and O–H groups in total. The first-order valence-electron chi connectivity index (χ1n) is 20.7. The minimum Gasteiger partial charge on any atom is -0.497 e. The number of fused-ring (bicyclic) bond motifs is 1. The molecule has 0 spiro atoms. The van der Waals surface area contributed by atoms with E-state index in [9.17, 15) is 13.2 Å². The lowest BCUT2D eigenvalue weighted by atomic mass is 9.98. The number of rotatable bonds is 18. The zero-order chi connectivity index (χ0) is 47.2. The van der Waals surface area contributed by atoms with Crippen molar-refractivity contribution in [1.29, 1.82) is 0 Å². The molecule has 0 fully saturated rings. The van der Waals surface area contributed by atoms with Crippen LogP contribution in [0.15, 0.2) is 113 Å². The number of thiazole rings is 1. The molecule has 1 amide bonds. The topological polar surface area (TPSA) is 220 Å². The van der Waals surface area contributed by atoms with Gasteiger partial charge in [-0.15, -0.1) is 10.2 Å². The third kappa shape index (κ3) is 11.1. The number of carbonyl (C=O) groups is 1. The molecule has 0 aliphatic heterocycles. The smallest absolute Gasteiger partial charge is 0.407 e. The summed E-state index contributed by atoms with van der Waals surface area (Å²) in [6.07, 6.45) is -0.795. The number of para-hydroxylation sites is 1. The minimum atomic E-state index is -4.89. The number of tetrazole rings is 1. The summed E-state index contributed by atoms with van der Waals surface area (Å²) in [5.74, 6) is 1.07. The van der Waals surface area contributed by atoms with Crippen LogP contribution in [0.5, 0.6) is 17.2 Å². The molecular weight excluding hydrogens is 905 g/mol. The molecule has 0 bridgehead atoms. The van der Waals surface area contributed by atoms with Crippen molar-refractivity contribution in [2.75, 3.05) is 39.4 Å². The summed E-state index contributed by atoms with van der Waals surface area (Å²) in [7, 11) is -4.75. The van der Waals surface area contributed by atoms with Crippen molar-refractivity contribution in [2.24, 2.45) is 0 Å². The van der Waals surface area contributed by atoms with Crippen molar-refractivity contribution in [3.8, 4) is 39.8 Å². The SMILES string of the molecule is COc1ccc(CN(Cc2ccc(OC)cc2)S(=O)(=O)c2c(S(=O)(=O)CCCNC(=O)OC(C)(C)C)ccc(-c3cccc4sc(N)nc34)c2-c2nnn(Cc3ccc(OC)cc3)n2)cc1. The number of anilines is 1. The van der Waals surface area contributed by atoms with Crippen LogP contribution in [0.3, 0.4) is 0 Å². The molecule has 17 nitrogen and oxygen atoms in total. The lowest BCUT2D eigenvalue weighted by Gasteiger charge is -2.26. The Hall–Kier alpha value is -6.61. The van der Waals surface area contributed by atoms with Crippen molar-refractivity contribution in [3.63, 3.8) is 0 Å². The number of nitrogens with zero attached hydrogens (tertiary/aromatic N) is 6. The van der Waals surface area contributed by atoms with Crippen LogP contribution in [0.25, 0.3) is 32.7 Å². The molecule has 5 aromatic carbocycles. The highest BCUT2D eigenvalue weighted by Gasteiger charge is 2.38. The third-order valence-corrected chi connectivity index (χ3v) is 14.9. The molecule has 2 aromatic heterocycles. The first-order valence-corrected chi connectivity index (χ1v) is 24.6. The summed E-state index contributed by atoms with van der Waals surface area (Å²) in [5, 5.41) is 16.4. The molecule has 0 unspecified atom stereocenters. The number of benzene rings is 5. The Labute approximate surface area is 387 Å². The average molecular weight is 955 g/mol. The first-order chi connectivity index (χ1) is 31.5. The number of amides is 1. The predicted molar refractivity (Wildman–Crippen MR) is 252 cm³/mol. The summed E-state index contributed by atoms with van der Waals surface area (Å²) in [6, 6.07) is 29.2. The molecule has 0 saturated heterocycles. The van der Waals surface area contributed by atoms with Gasteiger partial charge in [0.15, 0.2) is 15.0 Å². The van der Waals surface area contributed by atoms with Gasteiger partial charge in [0.2, 0.25) is 15.8 Å². The number of carbonyl (C=O) groups excluding carboxylic acids is 1. The standard InChI is InChI=1S/C46H50N8O9S3/c1-46(2,3)63-45(55)48-25-8-26-65(56,57)39-24-23-36(37-9-7-10-38-41(37)49-44(47)64-38)40(43-50-52-54(51-43)29-32-15-21-35(62-6)22-16-32)42(39)66(58,59)53(27-30-11-17-33(60-4)18-12-30)28-31-13-19-34(61-5)20-14-31/h7,9-24H,8,25-29H2,1-6H3,(H2,47,49)(H,48,55). The van der Waals surface area contributed by atoms with E-state index in [2.05, 4.69) is 20.6 Å². The van der Waals surface area contributed by atoms with Crippen LogP contribution >= 0.6 is 11.3 Å². The highest BCUT2D eigenvalue weighted by molar-refractivity contribution is 7.93. The van der Waals surface area contributed by atoms with Gasteiger partial charge in [0.1, 0.15) is 27.7 Å². The van der Waals surface area contributed by atoms with Gasteiger partial charge in [0.25, 0.3) is 0 Å². The number of methoxy groups -OCH3 is 3. The van der Waals surface area contributed by atoms with E-state index in [0.717, 1.165) is 5.56 Å². The van der Waals surface area contributed by atoms with Gasteiger partial charge < -0.3 is 30.0 Å². The van der Waals surface area contributed by atoms with Gasteiger partial charge in [-0.25, -0.2) is 26.6 Å². The average Bonchev–Trinajstić information content (AvgIpc) is 3.93. The van der Waals surface area contributed by atoms with Gasteiger partial charge in [-0.1, -0.05) is 65.9 Å². The Balaban J connectivity index is 1.45. The second-order valence-corrected chi connectivity index (χ2v) is 21.1. The highest BCUT2D eigenvalue weighted by Crippen LogP contribution is 2.44. The fraction of sp³-hybridized carbons (Fsp3) is 0.283.